The Morgan fingerprint density at radius 1 is 0.302 bits per heavy atom. The quantitative estimate of drug-likeness (QED) is 0.0351. The molecule has 0 bridgehead atoms. The van der Waals surface area contributed by atoms with Crippen LogP contribution in [0, 0.1) is 0 Å². The molecule has 0 rings (SSSR count). The molecule has 0 aromatic rings. The van der Waals surface area contributed by atoms with Crippen molar-refractivity contribution in [3.8, 4) is 0 Å². The fourth-order valence-corrected chi connectivity index (χ4v) is 7.03. The first kappa shape index (κ1) is 51.4. The van der Waals surface area contributed by atoms with Gasteiger partial charge in [-0.3, -0.25) is 14.4 Å². The summed E-state index contributed by atoms with van der Waals surface area (Å²) in [4.78, 5) is 37.6. The Bertz CT molecular complexity index is 783. The van der Waals surface area contributed by atoms with Gasteiger partial charge in [0.1, 0.15) is 13.2 Å². The van der Waals surface area contributed by atoms with E-state index in [1.54, 1.807) is 0 Å². The van der Waals surface area contributed by atoms with E-state index >= 15 is 0 Å². The van der Waals surface area contributed by atoms with Gasteiger partial charge in [-0.2, -0.15) is 0 Å². The molecule has 0 saturated carbocycles. The molecule has 0 heterocycles. The minimum absolute atomic E-state index is 0.0629. The van der Waals surface area contributed by atoms with Crippen molar-refractivity contribution in [3.05, 3.63) is 0 Å². The highest BCUT2D eigenvalue weighted by atomic mass is 16.6. The van der Waals surface area contributed by atoms with Crippen LogP contribution in [0.3, 0.4) is 0 Å². The fraction of sp³-hybridized carbons (Fsp3) is 0.936. The Morgan fingerprint density at radius 2 is 0.509 bits per heavy atom. The van der Waals surface area contributed by atoms with Crippen molar-refractivity contribution in [2.75, 3.05) is 13.2 Å². The number of carbonyl (C=O) groups excluding carboxylic acids is 3. The lowest BCUT2D eigenvalue weighted by Crippen LogP contribution is -2.30. The number of esters is 3. The van der Waals surface area contributed by atoms with Crippen LogP contribution in [0.5, 0.6) is 0 Å². The van der Waals surface area contributed by atoms with Gasteiger partial charge in [-0.25, -0.2) is 0 Å². The maximum Gasteiger partial charge on any atom is 0.306 e. The zero-order valence-electron chi connectivity index (χ0n) is 35.8. The summed E-state index contributed by atoms with van der Waals surface area (Å²) in [7, 11) is 0. The van der Waals surface area contributed by atoms with Crippen molar-refractivity contribution < 1.29 is 28.6 Å². The van der Waals surface area contributed by atoms with Crippen LogP contribution in [0.4, 0.5) is 0 Å². The van der Waals surface area contributed by atoms with Crippen LogP contribution in [0.2, 0.25) is 0 Å². The molecule has 0 aliphatic carbocycles. The van der Waals surface area contributed by atoms with Gasteiger partial charge in [-0.05, 0) is 19.3 Å². The van der Waals surface area contributed by atoms with Crippen LogP contribution in [-0.2, 0) is 28.6 Å². The van der Waals surface area contributed by atoms with E-state index in [-0.39, 0.29) is 31.1 Å². The predicted octanol–water partition coefficient (Wildman–Crippen LogP) is 14.9. The van der Waals surface area contributed by atoms with E-state index in [4.69, 9.17) is 14.2 Å². The van der Waals surface area contributed by atoms with Crippen molar-refractivity contribution in [1.82, 2.24) is 0 Å². The van der Waals surface area contributed by atoms with E-state index in [1.165, 1.54) is 167 Å². The predicted molar refractivity (Wildman–Crippen MR) is 224 cm³/mol. The molecule has 6 nitrogen and oxygen atoms in total. The summed E-state index contributed by atoms with van der Waals surface area (Å²) in [6.45, 7) is 6.62. The summed E-state index contributed by atoms with van der Waals surface area (Å²) in [5, 5.41) is 0. The molecule has 0 spiro atoms. The lowest BCUT2D eigenvalue weighted by molar-refractivity contribution is -0.167. The van der Waals surface area contributed by atoms with Gasteiger partial charge in [-0.1, -0.05) is 226 Å². The molecule has 0 N–H and O–H groups in total. The van der Waals surface area contributed by atoms with E-state index in [1.807, 2.05) is 0 Å². The van der Waals surface area contributed by atoms with Crippen molar-refractivity contribution in [1.29, 1.82) is 0 Å². The topological polar surface area (TPSA) is 78.9 Å². The largest absolute Gasteiger partial charge is 0.462 e. The van der Waals surface area contributed by atoms with Crippen molar-refractivity contribution >= 4 is 17.9 Å². The molecule has 53 heavy (non-hydrogen) atoms. The zero-order valence-corrected chi connectivity index (χ0v) is 35.8. The summed E-state index contributed by atoms with van der Waals surface area (Å²) in [6.07, 6.45) is 43.8. The summed E-state index contributed by atoms with van der Waals surface area (Å²) in [5.41, 5.74) is 0. The standard InChI is InChI=1S/C47H90O6/c1-4-7-10-13-16-18-20-22-23-24-25-27-28-31-34-37-40-46(49)52-43-44(42-51-45(48)39-36-33-30-15-12-9-6-3)53-47(50)41-38-35-32-29-26-21-19-17-14-11-8-5-2/h44H,4-43H2,1-3H3/t44-/m0/s1. The first-order valence-corrected chi connectivity index (χ1v) is 23.5. The molecule has 1 atom stereocenters. The number of hydrogen-bond acceptors (Lipinski definition) is 6. The monoisotopic (exact) mass is 751 g/mol. The van der Waals surface area contributed by atoms with Crippen molar-refractivity contribution in [2.45, 2.75) is 271 Å². The number of carbonyl (C=O) groups is 3. The van der Waals surface area contributed by atoms with Crippen LogP contribution in [0.25, 0.3) is 0 Å². The Labute approximate surface area is 329 Å². The molecular weight excluding hydrogens is 661 g/mol. The highest BCUT2D eigenvalue weighted by molar-refractivity contribution is 5.71. The van der Waals surface area contributed by atoms with Crippen LogP contribution < -0.4 is 0 Å². The summed E-state index contributed by atoms with van der Waals surface area (Å²) >= 11 is 0. The van der Waals surface area contributed by atoms with Crippen molar-refractivity contribution in [3.63, 3.8) is 0 Å². The second-order valence-corrected chi connectivity index (χ2v) is 16.0. The van der Waals surface area contributed by atoms with Gasteiger partial charge in [0.2, 0.25) is 0 Å². The summed E-state index contributed by atoms with van der Waals surface area (Å²) in [6, 6.07) is 0. The van der Waals surface area contributed by atoms with Gasteiger partial charge < -0.3 is 14.2 Å². The minimum Gasteiger partial charge on any atom is -0.462 e. The molecular formula is C47H90O6. The smallest absolute Gasteiger partial charge is 0.306 e. The van der Waals surface area contributed by atoms with Crippen LogP contribution >= 0.6 is 0 Å². The molecule has 314 valence electrons. The molecule has 0 saturated heterocycles. The molecule has 0 aromatic heterocycles. The lowest BCUT2D eigenvalue weighted by Gasteiger charge is -2.18. The average Bonchev–Trinajstić information content (AvgIpc) is 3.15. The molecule has 0 amide bonds. The van der Waals surface area contributed by atoms with E-state index in [0.717, 1.165) is 57.8 Å². The maximum absolute atomic E-state index is 12.7. The Kier molecular flexibility index (Phi) is 41.8. The molecule has 0 aliphatic heterocycles. The summed E-state index contributed by atoms with van der Waals surface area (Å²) in [5.74, 6) is -0.856. The second kappa shape index (κ2) is 43.1. The van der Waals surface area contributed by atoms with E-state index in [9.17, 15) is 14.4 Å². The number of rotatable bonds is 43. The summed E-state index contributed by atoms with van der Waals surface area (Å²) < 4.78 is 16.7. The Hall–Kier alpha value is -1.59. The minimum atomic E-state index is -0.757. The van der Waals surface area contributed by atoms with Crippen LogP contribution in [-0.4, -0.2) is 37.2 Å². The van der Waals surface area contributed by atoms with Gasteiger partial charge in [0, 0.05) is 19.3 Å². The normalized spacial score (nSPS) is 11.8. The van der Waals surface area contributed by atoms with E-state index in [0.29, 0.717) is 19.3 Å². The second-order valence-electron chi connectivity index (χ2n) is 16.0. The number of hydrogen-bond donors (Lipinski definition) is 0. The molecule has 6 heteroatoms. The van der Waals surface area contributed by atoms with Gasteiger partial charge >= 0.3 is 17.9 Å². The SMILES string of the molecule is CCCCCCCCCCCCCCCCCCC(=O)OC[C@H](COC(=O)CCCCCCCCC)OC(=O)CCCCCCCCCCCCCC. The van der Waals surface area contributed by atoms with Crippen LogP contribution in [0.15, 0.2) is 0 Å². The third kappa shape index (κ3) is 41.4. The molecule has 0 aromatic carbocycles. The van der Waals surface area contributed by atoms with E-state index in [2.05, 4.69) is 20.8 Å². The average molecular weight is 751 g/mol. The van der Waals surface area contributed by atoms with Crippen LogP contribution in [0.1, 0.15) is 265 Å². The fourth-order valence-electron chi connectivity index (χ4n) is 7.03. The number of unbranched alkanes of at least 4 members (excludes halogenated alkanes) is 32. The molecule has 0 radical (unpaired) electrons. The lowest BCUT2D eigenvalue weighted by atomic mass is 10.0. The third-order valence-electron chi connectivity index (χ3n) is 10.6. The van der Waals surface area contributed by atoms with Gasteiger partial charge in [-0.15, -0.1) is 0 Å². The van der Waals surface area contributed by atoms with Gasteiger partial charge in [0.25, 0.3) is 0 Å². The first-order chi connectivity index (χ1) is 26.0. The first-order valence-electron chi connectivity index (χ1n) is 23.5. The van der Waals surface area contributed by atoms with E-state index < -0.39 is 6.10 Å². The Morgan fingerprint density at radius 3 is 0.755 bits per heavy atom. The molecule has 0 fully saturated rings. The maximum atomic E-state index is 12.7. The van der Waals surface area contributed by atoms with Gasteiger partial charge in [0.05, 0.1) is 0 Å². The Balaban J connectivity index is 4.22. The third-order valence-corrected chi connectivity index (χ3v) is 10.6. The molecule has 0 aliphatic rings. The zero-order chi connectivity index (χ0) is 38.7. The van der Waals surface area contributed by atoms with Crippen molar-refractivity contribution in [2.24, 2.45) is 0 Å². The molecule has 0 unspecified atom stereocenters. The number of ether oxygens (including phenoxy) is 3. The van der Waals surface area contributed by atoms with Gasteiger partial charge in [0.15, 0.2) is 6.10 Å². The highest BCUT2D eigenvalue weighted by Gasteiger charge is 2.19. The highest BCUT2D eigenvalue weighted by Crippen LogP contribution is 2.16.